The quantitative estimate of drug-likeness (QED) is 0.801. The molecule has 0 spiro atoms. The lowest BCUT2D eigenvalue weighted by Crippen LogP contribution is -2.11. The van der Waals surface area contributed by atoms with Gasteiger partial charge in [-0.05, 0) is 18.2 Å². The van der Waals surface area contributed by atoms with Gasteiger partial charge in [-0.3, -0.25) is 14.7 Å². The number of aromatic nitrogens is 2. The van der Waals surface area contributed by atoms with Gasteiger partial charge in [-0.2, -0.15) is 13.2 Å². The van der Waals surface area contributed by atoms with Gasteiger partial charge in [0.15, 0.2) is 0 Å². The van der Waals surface area contributed by atoms with Crippen LogP contribution >= 0.6 is 0 Å². The Morgan fingerprint density at radius 1 is 1.33 bits per heavy atom. The molecule has 3 N–H and O–H groups in total. The number of hydrogen-bond acceptors (Lipinski definition) is 3. The van der Waals surface area contributed by atoms with Gasteiger partial charge in [0.2, 0.25) is 5.88 Å². The topological polar surface area (TPSA) is 95.3 Å². The summed E-state index contributed by atoms with van der Waals surface area (Å²) in [5, 5.41) is 20.5. The van der Waals surface area contributed by atoms with E-state index < -0.39 is 41.1 Å². The van der Waals surface area contributed by atoms with Crippen LogP contribution in [-0.2, 0) is 17.4 Å². The molecule has 9 heteroatoms. The molecule has 6 nitrogen and oxygen atoms in total. The van der Waals surface area contributed by atoms with Crippen molar-refractivity contribution in [3.05, 3.63) is 45.7 Å². The Balaban J connectivity index is 2.53. The second-order valence-corrected chi connectivity index (χ2v) is 4.20. The Morgan fingerprint density at radius 2 is 2.00 bits per heavy atom. The molecule has 2 rings (SSSR count). The largest absolute Gasteiger partial charge is 0.493 e. The Labute approximate surface area is 115 Å². The molecular weight excluding hydrogens is 293 g/mol. The number of benzene rings is 1. The molecule has 1 aromatic carbocycles. The number of nitrogens with one attached hydrogen (secondary N) is 1. The number of aromatic hydroxyl groups is 1. The summed E-state index contributed by atoms with van der Waals surface area (Å²) in [6.45, 7) is 0. The zero-order valence-electron chi connectivity index (χ0n) is 10.3. The van der Waals surface area contributed by atoms with Crippen molar-refractivity contribution in [3.8, 4) is 11.6 Å². The number of rotatable bonds is 3. The molecule has 21 heavy (non-hydrogen) atoms. The van der Waals surface area contributed by atoms with Crippen molar-refractivity contribution in [3.63, 3.8) is 0 Å². The number of hydrogen-bond donors (Lipinski definition) is 3. The van der Waals surface area contributed by atoms with Crippen LogP contribution in [0, 0.1) is 0 Å². The Morgan fingerprint density at radius 3 is 2.57 bits per heavy atom. The van der Waals surface area contributed by atoms with Crippen LogP contribution < -0.4 is 5.56 Å². The Hall–Kier alpha value is -2.71. The van der Waals surface area contributed by atoms with Crippen molar-refractivity contribution in [1.82, 2.24) is 9.78 Å². The van der Waals surface area contributed by atoms with Crippen LogP contribution in [0.2, 0.25) is 0 Å². The predicted molar refractivity (Wildman–Crippen MR) is 64.4 cm³/mol. The molecule has 0 amide bonds. The summed E-state index contributed by atoms with van der Waals surface area (Å²) in [5.41, 5.74) is -2.42. The lowest BCUT2D eigenvalue weighted by molar-refractivity contribution is -0.138. The number of H-pyrrole nitrogens is 1. The number of carboxylic acid groups (broad SMARTS) is 1. The zero-order chi connectivity index (χ0) is 15.8. The molecule has 2 aromatic rings. The van der Waals surface area contributed by atoms with Gasteiger partial charge in [0.25, 0.3) is 5.56 Å². The summed E-state index contributed by atoms with van der Waals surface area (Å²) in [7, 11) is 0. The highest BCUT2D eigenvalue weighted by Crippen LogP contribution is 2.31. The fourth-order valence-corrected chi connectivity index (χ4v) is 1.78. The SMILES string of the molecule is O=C(O)Cc1c(O)n(-c2cccc(C(F)(F)F)c2)[nH]c1=O. The van der Waals surface area contributed by atoms with Crippen LogP contribution in [0.1, 0.15) is 11.1 Å². The fourth-order valence-electron chi connectivity index (χ4n) is 1.78. The lowest BCUT2D eigenvalue weighted by atomic mass is 10.2. The van der Waals surface area contributed by atoms with E-state index in [1.165, 1.54) is 6.07 Å². The summed E-state index contributed by atoms with van der Waals surface area (Å²) in [5.74, 6) is -2.08. The number of aromatic amines is 1. The van der Waals surface area contributed by atoms with Crippen molar-refractivity contribution in [1.29, 1.82) is 0 Å². The minimum atomic E-state index is -4.58. The maximum Gasteiger partial charge on any atom is 0.416 e. The third kappa shape index (κ3) is 2.91. The molecular formula is C12H9F3N2O4. The van der Waals surface area contributed by atoms with Crippen LogP contribution in [0.15, 0.2) is 29.1 Å². The number of carboxylic acids is 1. The summed E-state index contributed by atoms with van der Waals surface area (Å²) in [6, 6.07) is 3.89. The summed E-state index contributed by atoms with van der Waals surface area (Å²) in [4.78, 5) is 22.1. The van der Waals surface area contributed by atoms with Crippen LogP contribution in [0.25, 0.3) is 5.69 Å². The maximum absolute atomic E-state index is 12.6. The van der Waals surface area contributed by atoms with Crippen molar-refractivity contribution >= 4 is 5.97 Å². The van der Waals surface area contributed by atoms with Gasteiger partial charge in [-0.15, -0.1) is 0 Å². The third-order valence-electron chi connectivity index (χ3n) is 2.73. The third-order valence-corrected chi connectivity index (χ3v) is 2.73. The fraction of sp³-hybridized carbons (Fsp3) is 0.167. The van der Waals surface area contributed by atoms with Gasteiger partial charge >= 0.3 is 12.1 Å². The number of halogens is 3. The number of carbonyl (C=O) groups is 1. The van der Waals surface area contributed by atoms with E-state index in [2.05, 4.69) is 5.10 Å². The summed E-state index contributed by atoms with van der Waals surface area (Å²) >= 11 is 0. The highest BCUT2D eigenvalue weighted by Gasteiger charge is 2.31. The molecule has 0 fully saturated rings. The zero-order valence-corrected chi connectivity index (χ0v) is 10.3. The highest BCUT2D eigenvalue weighted by molar-refractivity contribution is 5.71. The minimum Gasteiger partial charge on any atom is -0.493 e. The smallest absolute Gasteiger partial charge is 0.416 e. The van der Waals surface area contributed by atoms with Crippen molar-refractivity contribution in [2.45, 2.75) is 12.6 Å². The average molecular weight is 302 g/mol. The molecule has 0 radical (unpaired) electrons. The maximum atomic E-state index is 12.6. The number of aliphatic carboxylic acids is 1. The molecule has 0 saturated heterocycles. The molecule has 0 atom stereocenters. The van der Waals surface area contributed by atoms with Crippen molar-refractivity contribution < 1.29 is 28.2 Å². The Bertz CT molecular complexity index is 746. The van der Waals surface area contributed by atoms with Gasteiger partial charge in [0.1, 0.15) is 0 Å². The van der Waals surface area contributed by atoms with Crippen molar-refractivity contribution in [2.75, 3.05) is 0 Å². The van der Waals surface area contributed by atoms with E-state index in [4.69, 9.17) is 5.11 Å². The van der Waals surface area contributed by atoms with Gasteiger partial charge in [-0.1, -0.05) is 6.07 Å². The second kappa shape index (κ2) is 5.00. The van der Waals surface area contributed by atoms with Crippen LogP contribution in [0.3, 0.4) is 0 Å². The van der Waals surface area contributed by atoms with E-state index in [1.54, 1.807) is 0 Å². The summed E-state index contributed by atoms with van der Waals surface area (Å²) in [6.07, 6.45) is -5.32. The molecule has 0 aliphatic heterocycles. The molecule has 0 saturated carbocycles. The summed E-state index contributed by atoms with van der Waals surface area (Å²) < 4.78 is 38.6. The first kappa shape index (κ1) is 14.7. The van der Waals surface area contributed by atoms with Crippen molar-refractivity contribution in [2.24, 2.45) is 0 Å². The number of alkyl halides is 3. The standard InChI is InChI=1S/C12H9F3N2O4/c13-12(14,15)6-2-1-3-7(4-6)17-11(21)8(5-9(18)19)10(20)16-17/h1-4,21H,5H2,(H,16,20)(H,18,19). The predicted octanol–water partition coefficient (Wildman–Crippen LogP) is 1.52. The minimum absolute atomic E-state index is 0.143. The van der Waals surface area contributed by atoms with E-state index in [9.17, 15) is 27.9 Å². The molecule has 1 aromatic heterocycles. The first-order valence-corrected chi connectivity index (χ1v) is 5.62. The van der Waals surface area contributed by atoms with Gasteiger partial charge in [0.05, 0.1) is 23.2 Å². The monoisotopic (exact) mass is 302 g/mol. The van der Waals surface area contributed by atoms with E-state index in [-0.39, 0.29) is 5.69 Å². The normalized spacial score (nSPS) is 11.6. The van der Waals surface area contributed by atoms with Crippen LogP contribution in [-0.4, -0.2) is 26.0 Å². The van der Waals surface area contributed by atoms with Crippen LogP contribution in [0.4, 0.5) is 13.2 Å². The lowest BCUT2D eigenvalue weighted by Gasteiger charge is -2.09. The molecule has 0 aliphatic carbocycles. The van der Waals surface area contributed by atoms with E-state index in [1.807, 2.05) is 0 Å². The van der Waals surface area contributed by atoms with E-state index in [0.717, 1.165) is 18.2 Å². The van der Waals surface area contributed by atoms with E-state index >= 15 is 0 Å². The molecule has 0 bridgehead atoms. The van der Waals surface area contributed by atoms with E-state index in [0.29, 0.717) is 4.68 Å². The van der Waals surface area contributed by atoms with Gasteiger partial charge < -0.3 is 10.2 Å². The molecule has 112 valence electrons. The average Bonchev–Trinajstić information content (AvgIpc) is 2.65. The molecule has 0 unspecified atom stereocenters. The first-order valence-electron chi connectivity index (χ1n) is 5.62. The first-order chi connectivity index (χ1) is 9.70. The molecule has 0 aliphatic rings. The number of nitrogens with zero attached hydrogens (tertiary/aromatic N) is 1. The van der Waals surface area contributed by atoms with Gasteiger partial charge in [-0.25, -0.2) is 4.68 Å². The Kier molecular flexibility index (Phi) is 3.50. The molecule has 1 heterocycles. The van der Waals surface area contributed by atoms with Gasteiger partial charge in [0, 0.05) is 0 Å². The highest BCUT2D eigenvalue weighted by atomic mass is 19.4. The second-order valence-electron chi connectivity index (χ2n) is 4.20. The van der Waals surface area contributed by atoms with Crippen LogP contribution in [0.5, 0.6) is 5.88 Å².